The molecule has 9 nitrogen and oxygen atoms in total. The summed E-state index contributed by atoms with van der Waals surface area (Å²) in [4.78, 5) is 37.8. The molecule has 0 aliphatic carbocycles. The van der Waals surface area contributed by atoms with Crippen LogP contribution in [0.1, 0.15) is 33.3 Å². The third-order valence-electron chi connectivity index (χ3n) is 7.15. The topological polar surface area (TPSA) is 112 Å². The highest BCUT2D eigenvalue weighted by molar-refractivity contribution is 6.34. The van der Waals surface area contributed by atoms with E-state index in [0.717, 1.165) is 5.56 Å². The number of fused-ring (bicyclic) bond motifs is 1. The molecule has 1 aliphatic rings. The molecule has 1 atom stereocenters. The second-order valence-corrected chi connectivity index (χ2v) is 11.3. The summed E-state index contributed by atoms with van der Waals surface area (Å²) >= 11 is 6.68. The lowest BCUT2D eigenvalue weighted by atomic mass is 9.85. The van der Waals surface area contributed by atoms with Crippen molar-refractivity contribution in [2.75, 3.05) is 24.5 Å². The number of halogens is 2. The average molecular weight is 566 g/mol. The molecule has 3 heterocycles. The van der Waals surface area contributed by atoms with Crippen LogP contribution in [0.25, 0.3) is 28.0 Å². The van der Waals surface area contributed by atoms with Gasteiger partial charge in [0, 0.05) is 25.7 Å². The fourth-order valence-corrected chi connectivity index (χ4v) is 5.46. The number of carboxylic acid groups (broad SMARTS) is 1. The van der Waals surface area contributed by atoms with E-state index >= 15 is 0 Å². The van der Waals surface area contributed by atoms with E-state index in [2.05, 4.69) is 4.98 Å². The second kappa shape index (κ2) is 10.1. The molecule has 208 valence electrons. The molecule has 0 spiro atoms. The van der Waals surface area contributed by atoms with E-state index in [0.29, 0.717) is 23.4 Å². The number of nitrogens with zero attached hydrogens (tertiary/aromatic N) is 5. The Morgan fingerprint density at radius 2 is 1.82 bits per heavy atom. The molecule has 1 saturated heterocycles. The molecule has 5 rings (SSSR count). The van der Waals surface area contributed by atoms with Gasteiger partial charge in [-0.1, -0.05) is 56.6 Å². The molecule has 0 bridgehead atoms. The van der Waals surface area contributed by atoms with E-state index in [1.807, 2.05) is 50.8 Å². The Bertz CT molecular complexity index is 1680. The molecule has 1 fully saturated rings. The van der Waals surface area contributed by atoms with Crippen LogP contribution in [0, 0.1) is 5.82 Å². The number of para-hydroxylation sites is 1. The van der Waals surface area contributed by atoms with Crippen molar-refractivity contribution >= 4 is 34.5 Å². The first-order valence-corrected chi connectivity index (χ1v) is 13.2. The Morgan fingerprint density at radius 3 is 2.48 bits per heavy atom. The number of benzene rings is 2. The van der Waals surface area contributed by atoms with Crippen molar-refractivity contribution in [2.24, 2.45) is 0 Å². The monoisotopic (exact) mass is 565 g/mol. The molecule has 4 aromatic rings. The van der Waals surface area contributed by atoms with E-state index in [9.17, 15) is 24.2 Å². The van der Waals surface area contributed by atoms with E-state index in [-0.39, 0.29) is 52.2 Å². The molecule has 1 aliphatic heterocycles. The number of phenolic OH excluding ortho intramolecular Hbond substituents is 1. The summed E-state index contributed by atoms with van der Waals surface area (Å²) < 4.78 is 16.3. The summed E-state index contributed by atoms with van der Waals surface area (Å²) in [6, 6.07) is 12.6. The zero-order chi connectivity index (χ0) is 28.9. The number of hydrogen-bond donors (Lipinski definition) is 2. The van der Waals surface area contributed by atoms with Crippen molar-refractivity contribution in [1.29, 1.82) is 0 Å². The maximum atomic E-state index is 15.0. The molecule has 0 saturated carbocycles. The number of rotatable bonds is 3. The van der Waals surface area contributed by atoms with Gasteiger partial charge in [0.1, 0.15) is 17.4 Å². The predicted octanol–water partition coefficient (Wildman–Crippen LogP) is 5.43. The van der Waals surface area contributed by atoms with Gasteiger partial charge in [0.25, 0.3) is 0 Å². The Labute approximate surface area is 235 Å². The van der Waals surface area contributed by atoms with Crippen molar-refractivity contribution in [1.82, 2.24) is 19.4 Å². The molecule has 0 radical (unpaired) electrons. The van der Waals surface area contributed by atoms with Gasteiger partial charge in [-0.2, -0.15) is 4.98 Å². The number of amides is 1. The molecule has 2 aromatic heterocycles. The number of piperazine rings is 1. The van der Waals surface area contributed by atoms with E-state index in [1.54, 1.807) is 12.1 Å². The Morgan fingerprint density at radius 1 is 1.10 bits per heavy atom. The molecule has 2 N–H and O–H groups in total. The maximum Gasteiger partial charge on any atom is 0.407 e. The predicted molar refractivity (Wildman–Crippen MR) is 152 cm³/mol. The highest BCUT2D eigenvalue weighted by atomic mass is 35.5. The lowest BCUT2D eigenvalue weighted by molar-refractivity contribution is 0.136. The number of anilines is 1. The first kappa shape index (κ1) is 27.4. The van der Waals surface area contributed by atoms with Gasteiger partial charge in [0.2, 0.25) is 0 Å². The van der Waals surface area contributed by atoms with Crippen molar-refractivity contribution in [3.05, 3.63) is 75.4 Å². The fraction of sp³-hybridized carbons (Fsp3) is 0.310. The van der Waals surface area contributed by atoms with Gasteiger partial charge < -0.3 is 20.0 Å². The summed E-state index contributed by atoms with van der Waals surface area (Å²) in [6.45, 7) is 8.67. The SMILES string of the molecule is CC1CN(C(=O)O)CCN1c1nc(=O)n(-c2ccccc2C(C)(C)C)c2nc(-c3c(O)cccc3F)c(Cl)cc12. The van der Waals surface area contributed by atoms with E-state index in [4.69, 9.17) is 16.6 Å². The molecular formula is C29H29ClFN5O4. The van der Waals surface area contributed by atoms with Gasteiger partial charge in [0.05, 0.1) is 27.4 Å². The quantitative estimate of drug-likeness (QED) is 0.340. The van der Waals surface area contributed by atoms with E-state index < -0.39 is 17.6 Å². The van der Waals surface area contributed by atoms with Crippen molar-refractivity contribution in [2.45, 2.75) is 39.2 Å². The van der Waals surface area contributed by atoms with Crippen LogP contribution >= 0.6 is 11.6 Å². The fourth-order valence-electron chi connectivity index (χ4n) is 5.21. The molecule has 2 aromatic carbocycles. The molecule has 1 amide bonds. The number of phenols is 1. The number of pyridine rings is 1. The lowest BCUT2D eigenvalue weighted by Gasteiger charge is -2.39. The number of hydrogen-bond acceptors (Lipinski definition) is 6. The number of aromatic nitrogens is 3. The van der Waals surface area contributed by atoms with Crippen LogP contribution in [0.4, 0.5) is 15.0 Å². The minimum Gasteiger partial charge on any atom is -0.507 e. The second-order valence-electron chi connectivity index (χ2n) is 10.9. The largest absolute Gasteiger partial charge is 0.507 e. The maximum absolute atomic E-state index is 15.0. The first-order chi connectivity index (χ1) is 18.9. The van der Waals surface area contributed by atoms with Crippen LogP contribution in [0.3, 0.4) is 0 Å². The van der Waals surface area contributed by atoms with Gasteiger partial charge in [-0.15, -0.1) is 0 Å². The van der Waals surface area contributed by atoms with Gasteiger partial charge >= 0.3 is 11.8 Å². The Hall–Kier alpha value is -4.18. The molecule has 40 heavy (non-hydrogen) atoms. The summed E-state index contributed by atoms with van der Waals surface area (Å²) in [5.74, 6) is -0.753. The van der Waals surface area contributed by atoms with Gasteiger partial charge in [-0.3, -0.25) is 0 Å². The van der Waals surface area contributed by atoms with E-state index in [1.165, 1.54) is 27.7 Å². The molecule has 11 heteroatoms. The van der Waals surface area contributed by atoms with Crippen molar-refractivity contribution < 1.29 is 19.4 Å². The summed E-state index contributed by atoms with van der Waals surface area (Å²) in [5, 5.41) is 20.5. The minimum atomic E-state index is -1.02. The lowest BCUT2D eigenvalue weighted by Crippen LogP contribution is -2.54. The average Bonchev–Trinajstić information content (AvgIpc) is 2.88. The third kappa shape index (κ3) is 4.72. The summed E-state index contributed by atoms with van der Waals surface area (Å²) in [5.41, 5.74) is 0.454. The molecular weight excluding hydrogens is 537 g/mol. The number of carbonyl (C=O) groups is 1. The van der Waals surface area contributed by atoms with Crippen LogP contribution in [0.2, 0.25) is 5.02 Å². The Balaban J connectivity index is 1.84. The van der Waals surface area contributed by atoms with Gasteiger partial charge in [-0.25, -0.2) is 23.5 Å². The molecule has 1 unspecified atom stereocenters. The minimum absolute atomic E-state index is 0.0212. The van der Waals surface area contributed by atoms with Gasteiger partial charge in [-0.05, 0) is 42.2 Å². The zero-order valence-electron chi connectivity index (χ0n) is 22.5. The van der Waals surface area contributed by atoms with Crippen LogP contribution < -0.4 is 10.6 Å². The highest BCUT2D eigenvalue weighted by Gasteiger charge is 2.31. The smallest absolute Gasteiger partial charge is 0.407 e. The standard InChI is InChI=1S/C29H29ClFN5O4/c1-16-15-34(28(39)40)12-13-35(16)25-17-14-19(30)24(23-20(31)9-7-11-22(23)37)32-26(17)36(27(38)33-25)21-10-6-5-8-18(21)29(2,3)4/h5-11,14,16,37H,12-13,15H2,1-4H3,(H,39,40). The Kier molecular flexibility index (Phi) is 6.91. The van der Waals surface area contributed by atoms with Crippen LogP contribution in [-0.4, -0.2) is 61.4 Å². The zero-order valence-corrected chi connectivity index (χ0v) is 23.3. The first-order valence-electron chi connectivity index (χ1n) is 12.8. The van der Waals surface area contributed by atoms with Crippen molar-refractivity contribution in [3.8, 4) is 22.7 Å². The van der Waals surface area contributed by atoms with Crippen LogP contribution in [-0.2, 0) is 5.41 Å². The third-order valence-corrected chi connectivity index (χ3v) is 7.44. The normalized spacial score (nSPS) is 16.0. The van der Waals surface area contributed by atoms with Crippen molar-refractivity contribution in [3.63, 3.8) is 0 Å². The van der Waals surface area contributed by atoms with Crippen LogP contribution in [0.5, 0.6) is 5.75 Å². The summed E-state index contributed by atoms with van der Waals surface area (Å²) in [6.07, 6.45) is -1.02. The number of aromatic hydroxyl groups is 1. The van der Waals surface area contributed by atoms with Crippen LogP contribution in [0.15, 0.2) is 53.3 Å². The van der Waals surface area contributed by atoms with Gasteiger partial charge in [0.15, 0.2) is 5.65 Å². The highest BCUT2D eigenvalue weighted by Crippen LogP contribution is 2.39. The summed E-state index contributed by atoms with van der Waals surface area (Å²) in [7, 11) is 0.